The molecule has 1 aliphatic rings. The largest absolute Gasteiger partial charge is 0.508 e. The lowest BCUT2D eigenvalue weighted by Gasteiger charge is -2.25. The first-order valence-electron chi connectivity index (χ1n) is 7.96. The van der Waals surface area contributed by atoms with Crippen molar-refractivity contribution < 1.29 is 14.6 Å². The Balaban J connectivity index is 1.50. The topological polar surface area (TPSA) is 58.6 Å². The van der Waals surface area contributed by atoms with Gasteiger partial charge in [-0.2, -0.15) is 0 Å². The molecule has 2 aromatic carbocycles. The fourth-order valence-corrected chi connectivity index (χ4v) is 2.94. The van der Waals surface area contributed by atoms with Crippen LogP contribution in [0, 0.1) is 0 Å². The van der Waals surface area contributed by atoms with Gasteiger partial charge in [0.1, 0.15) is 5.75 Å². The molecule has 4 nitrogen and oxygen atoms in total. The second-order valence-electron chi connectivity index (χ2n) is 5.78. The van der Waals surface area contributed by atoms with Crippen molar-refractivity contribution in [3.05, 3.63) is 65.2 Å². The van der Waals surface area contributed by atoms with Crippen molar-refractivity contribution in [2.45, 2.75) is 25.4 Å². The summed E-state index contributed by atoms with van der Waals surface area (Å²) in [7, 11) is 0. The molecule has 0 unspecified atom stereocenters. The number of phenols is 1. The van der Waals surface area contributed by atoms with Gasteiger partial charge in [-0.05, 0) is 41.7 Å². The molecule has 0 saturated carbocycles. The summed E-state index contributed by atoms with van der Waals surface area (Å²) in [5.74, 6) is 0.243. The maximum absolute atomic E-state index is 12.1. The van der Waals surface area contributed by atoms with Crippen molar-refractivity contribution in [3.63, 3.8) is 0 Å². The number of phenolic OH excluding ortho intramolecular Hbond substituents is 1. The third-order valence-corrected chi connectivity index (χ3v) is 4.11. The fourth-order valence-electron chi connectivity index (χ4n) is 2.94. The molecule has 0 bridgehead atoms. The molecule has 0 saturated heterocycles. The third kappa shape index (κ3) is 4.11. The monoisotopic (exact) mass is 311 g/mol. The Morgan fingerprint density at radius 1 is 1.22 bits per heavy atom. The third-order valence-electron chi connectivity index (χ3n) is 4.11. The lowest BCUT2D eigenvalue weighted by Crippen LogP contribution is -2.29. The number of fused-ring (bicyclic) bond motifs is 1. The molecule has 2 aromatic rings. The summed E-state index contributed by atoms with van der Waals surface area (Å²) in [5, 5.41) is 12.4. The predicted molar refractivity (Wildman–Crippen MR) is 88.3 cm³/mol. The van der Waals surface area contributed by atoms with Crippen molar-refractivity contribution in [3.8, 4) is 5.75 Å². The number of benzene rings is 2. The summed E-state index contributed by atoms with van der Waals surface area (Å²) >= 11 is 0. The highest BCUT2D eigenvalue weighted by Gasteiger charge is 2.22. The minimum atomic E-state index is -0.152. The summed E-state index contributed by atoms with van der Waals surface area (Å²) in [4.78, 5) is 12.1. The summed E-state index contributed by atoms with van der Waals surface area (Å²) in [6.45, 7) is 1.22. The number of rotatable bonds is 5. The fraction of sp³-hybridized carbons (Fsp3) is 0.316. The molecular formula is C19H21NO3. The van der Waals surface area contributed by atoms with Crippen molar-refractivity contribution in [1.82, 2.24) is 5.32 Å². The van der Waals surface area contributed by atoms with Gasteiger partial charge in [0.25, 0.3) is 0 Å². The van der Waals surface area contributed by atoms with E-state index in [0.717, 1.165) is 17.5 Å². The minimum absolute atomic E-state index is 0.00754. The first-order chi connectivity index (χ1) is 11.2. The Hall–Kier alpha value is -2.33. The number of carbonyl (C=O) groups is 1. The van der Waals surface area contributed by atoms with Gasteiger partial charge in [0.2, 0.25) is 5.91 Å². The smallest absolute Gasteiger partial charge is 0.222 e. The van der Waals surface area contributed by atoms with Gasteiger partial charge in [0.15, 0.2) is 0 Å². The van der Waals surface area contributed by atoms with Crippen molar-refractivity contribution in [2.75, 3.05) is 13.2 Å². The first-order valence-corrected chi connectivity index (χ1v) is 7.96. The van der Waals surface area contributed by atoms with E-state index in [1.165, 1.54) is 5.56 Å². The Bertz CT molecular complexity index is 684. The first kappa shape index (κ1) is 15.6. The van der Waals surface area contributed by atoms with Gasteiger partial charge in [-0.15, -0.1) is 0 Å². The number of hydrogen-bond acceptors (Lipinski definition) is 3. The van der Waals surface area contributed by atoms with Crippen LogP contribution in [-0.4, -0.2) is 24.2 Å². The summed E-state index contributed by atoms with van der Waals surface area (Å²) in [6.07, 6.45) is 1.80. The van der Waals surface area contributed by atoms with Crippen molar-refractivity contribution in [1.29, 1.82) is 0 Å². The molecule has 3 rings (SSSR count). The van der Waals surface area contributed by atoms with Gasteiger partial charge in [-0.3, -0.25) is 4.79 Å². The molecule has 0 radical (unpaired) electrons. The minimum Gasteiger partial charge on any atom is -0.508 e. The number of aromatic hydroxyl groups is 1. The summed E-state index contributed by atoms with van der Waals surface area (Å²) in [6, 6.07) is 15.2. The van der Waals surface area contributed by atoms with E-state index >= 15 is 0 Å². The Labute approximate surface area is 136 Å². The highest BCUT2D eigenvalue weighted by molar-refractivity contribution is 5.76. The Morgan fingerprint density at radius 2 is 2.09 bits per heavy atom. The zero-order valence-electron chi connectivity index (χ0n) is 13.0. The van der Waals surface area contributed by atoms with Crippen LogP contribution >= 0.6 is 0 Å². The quantitative estimate of drug-likeness (QED) is 0.892. The molecule has 1 amide bonds. The van der Waals surface area contributed by atoms with Gasteiger partial charge >= 0.3 is 0 Å². The van der Waals surface area contributed by atoms with Gasteiger partial charge in [0, 0.05) is 6.54 Å². The van der Waals surface area contributed by atoms with Gasteiger partial charge in [-0.25, -0.2) is 0 Å². The lowest BCUT2D eigenvalue weighted by molar-refractivity contribution is -0.124. The summed E-state index contributed by atoms with van der Waals surface area (Å²) in [5.41, 5.74) is 3.41. The molecule has 0 fully saturated rings. The van der Waals surface area contributed by atoms with E-state index in [2.05, 4.69) is 11.4 Å². The SMILES string of the molecule is O=C(C[C@@H]1OCCc2ccccc21)NCCc1cccc(O)c1. The second-order valence-corrected chi connectivity index (χ2v) is 5.78. The van der Waals surface area contributed by atoms with E-state index in [9.17, 15) is 9.90 Å². The highest BCUT2D eigenvalue weighted by Crippen LogP contribution is 2.29. The molecule has 2 N–H and O–H groups in total. The van der Waals surface area contributed by atoms with Crippen LogP contribution in [0.25, 0.3) is 0 Å². The van der Waals surface area contributed by atoms with E-state index in [1.54, 1.807) is 18.2 Å². The Morgan fingerprint density at radius 3 is 2.96 bits per heavy atom. The molecule has 0 aliphatic carbocycles. The van der Waals surface area contributed by atoms with Crippen LogP contribution in [0.1, 0.15) is 29.2 Å². The number of ether oxygens (including phenoxy) is 1. The molecule has 23 heavy (non-hydrogen) atoms. The normalized spacial score (nSPS) is 16.6. The van der Waals surface area contributed by atoms with Gasteiger partial charge in [0.05, 0.1) is 19.1 Å². The van der Waals surface area contributed by atoms with E-state index in [0.29, 0.717) is 26.0 Å². The van der Waals surface area contributed by atoms with Crippen LogP contribution in [0.15, 0.2) is 48.5 Å². The number of carbonyl (C=O) groups excluding carboxylic acids is 1. The van der Waals surface area contributed by atoms with Crippen LogP contribution in [0.5, 0.6) is 5.75 Å². The molecule has 120 valence electrons. The van der Waals surface area contributed by atoms with Crippen molar-refractivity contribution in [2.24, 2.45) is 0 Å². The maximum Gasteiger partial charge on any atom is 0.222 e. The molecule has 0 spiro atoms. The van der Waals surface area contributed by atoms with Crippen LogP contribution in [0.2, 0.25) is 0 Å². The highest BCUT2D eigenvalue weighted by atomic mass is 16.5. The number of amides is 1. The van der Waals surface area contributed by atoms with E-state index < -0.39 is 0 Å². The zero-order valence-corrected chi connectivity index (χ0v) is 13.0. The maximum atomic E-state index is 12.1. The van der Waals surface area contributed by atoms with Crippen LogP contribution in [-0.2, 0) is 22.4 Å². The average Bonchev–Trinajstić information content (AvgIpc) is 2.55. The molecule has 1 heterocycles. The average molecular weight is 311 g/mol. The van der Waals surface area contributed by atoms with Crippen LogP contribution < -0.4 is 5.32 Å². The van der Waals surface area contributed by atoms with E-state index in [-0.39, 0.29) is 17.8 Å². The molecule has 0 aromatic heterocycles. The molecule has 1 atom stereocenters. The van der Waals surface area contributed by atoms with Crippen LogP contribution in [0.3, 0.4) is 0 Å². The lowest BCUT2D eigenvalue weighted by atomic mass is 9.95. The Kier molecular flexibility index (Phi) is 4.93. The van der Waals surface area contributed by atoms with Gasteiger partial charge < -0.3 is 15.2 Å². The van der Waals surface area contributed by atoms with Crippen molar-refractivity contribution >= 4 is 5.91 Å². The predicted octanol–water partition coefficient (Wildman–Crippen LogP) is 2.76. The van der Waals surface area contributed by atoms with E-state index in [1.807, 2.05) is 24.3 Å². The summed E-state index contributed by atoms with van der Waals surface area (Å²) < 4.78 is 5.76. The van der Waals surface area contributed by atoms with Crippen LogP contribution in [0.4, 0.5) is 0 Å². The molecule has 4 heteroatoms. The van der Waals surface area contributed by atoms with E-state index in [4.69, 9.17) is 4.74 Å². The van der Waals surface area contributed by atoms with Gasteiger partial charge in [-0.1, -0.05) is 36.4 Å². The zero-order chi connectivity index (χ0) is 16.1. The second kappa shape index (κ2) is 7.29. The standard InChI is InChI=1S/C19H21NO3/c21-16-6-3-4-14(12-16)8-10-20-19(22)13-18-17-7-2-1-5-15(17)9-11-23-18/h1-7,12,18,21H,8-11,13H2,(H,20,22)/t18-/m0/s1. The molecular weight excluding hydrogens is 290 g/mol. The molecule has 1 aliphatic heterocycles. The number of hydrogen-bond donors (Lipinski definition) is 2. The number of nitrogens with one attached hydrogen (secondary N) is 1.